The molecule has 2 aliphatic carbocycles. The highest BCUT2D eigenvalue weighted by Gasteiger charge is 2.62. The Morgan fingerprint density at radius 2 is 1.23 bits per heavy atom. The molecule has 2 fully saturated rings. The zero-order valence-corrected chi connectivity index (χ0v) is 32.2. The molecule has 1 unspecified atom stereocenters. The first kappa shape index (κ1) is 33.4. The molecule has 1 atom stereocenters. The lowest BCUT2D eigenvalue weighted by atomic mass is 9.90. The molecule has 0 saturated heterocycles. The standard InChI is InChI=1S/C38H40N16O2Si/c1-3-7-21(8-4-1)19-55-57(56-20-22-9-5-2-6-10-22)53-35-27-28(44-16-15-43-27)37(53)51-33-25-26(42-14-13-41-25)34(48-33)52-38-30-29(45-17-18-46-30)36(54(38)57)50-32-24-23(31(47-32)49-35)39-11-12-40-24/h11,14-18,21-22,36,40-41H,1-10,12-13,19-20H2,(H,47,49,50)/b51-33-,52-38?. The highest BCUT2D eigenvalue weighted by molar-refractivity contribution is 6.68. The number of aliphatic imine (C=N–C) groups is 7. The molecular weight excluding hydrogens is 741 g/mol. The van der Waals surface area contributed by atoms with Gasteiger partial charge in [0.1, 0.15) is 51.4 Å². The van der Waals surface area contributed by atoms with Gasteiger partial charge in [0.2, 0.25) is 0 Å². The number of fused-ring (bicyclic) bond motifs is 12. The predicted molar refractivity (Wildman–Crippen MR) is 216 cm³/mol. The van der Waals surface area contributed by atoms with Gasteiger partial charge in [0.05, 0.1) is 13.1 Å². The van der Waals surface area contributed by atoms with Gasteiger partial charge in [0, 0.05) is 50.4 Å². The van der Waals surface area contributed by atoms with E-state index >= 15 is 0 Å². The summed E-state index contributed by atoms with van der Waals surface area (Å²) < 4.78 is 19.7. The number of amidine groups is 5. The summed E-state index contributed by atoms with van der Waals surface area (Å²) in [4.78, 5) is 55.9. The zero-order chi connectivity index (χ0) is 37.5. The Hall–Kier alpha value is -5.79. The third-order valence-corrected chi connectivity index (χ3v) is 15.3. The maximum atomic E-state index is 7.73. The van der Waals surface area contributed by atoms with E-state index in [-0.39, 0.29) is 0 Å². The van der Waals surface area contributed by atoms with Crippen molar-refractivity contribution in [3.63, 3.8) is 0 Å². The molecule has 288 valence electrons. The van der Waals surface area contributed by atoms with E-state index in [2.05, 4.69) is 24.7 Å². The molecule has 0 radical (unpaired) electrons. The fourth-order valence-corrected chi connectivity index (χ4v) is 13.0. The zero-order valence-electron chi connectivity index (χ0n) is 31.2. The van der Waals surface area contributed by atoms with Crippen LogP contribution in [0.3, 0.4) is 0 Å². The molecular formula is C38H40N16O2Si. The van der Waals surface area contributed by atoms with Crippen LogP contribution >= 0.6 is 0 Å². The molecule has 3 aromatic rings. The molecule has 7 aliphatic heterocycles. The second kappa shape index (κ2) is 13.1. The molecule has 12 rings (SSSR count). The Balaban J connectivity index is 1.21. The van der Waals surface area contributed by atoms with Gasteiger partial charge in [-0.25, -0.2) is 39.9 Å². The van der Waals surface area contributed by atoms with E-state index in [1.54, 1.807) is 24.8 Å². The van der Waals surface area contributed by atoms with Crippen molar-refractivity contribution in [2.45, 2.75) is 70.4 Å². The molecule has 2 saturated carbocycles. The normalized spacial score (nSPS) is 26.2. The molecule has 10 heterocycles. The van der Waals surface area contributed by atoms with Crippen LogP contribution in [0.2, 0.25) is 0 Å². The molecule has 0 aromatic carbocycles. The van der Waals surface area contributed by atoms with Crippen molar-refractivity contribution in [2.75, 3.05) is 26.3 Å². The lowest BCUT2D eigenvalue weighted by molar-refractivity contribution is 0.0677. The number of hydrogen-bond acceptors (Lipinski definition) is 17. The third kappa shape index (κ3) is 5.17. The fourth-order valence-electron chi connectivity index (χ4n) is 9.43. The molecule has 6 bridgehead atoms. The second-order valence-electron chi connectivity index (χ2n) is 15.7. The molecule has 0 amide bonds. The molecule has 3 N–H and O–H groups in total. The highest BCUT2D eigenvalue weighted by atomic mass is 28.4. The average molecular weight is 781 g/mol. The van der Waals surface area contributed by atoms with Crippen molar-refractivity contribution >= 4 is 73.2 Å². The average Bonchev–Trinajstić information content (AvgIpc) is 3.98. The Bertz CT molecular complexity index is 2490. The Labute approximate surface area is 328 Å². The van der Waals surface area contributed by atoms with Crippen LogP contribution in [0.1, 0.15) is 81.8 Å². The lowest BCUT2D eigenvalue weighted by Gasteiger charge is -2.44. The summed E-state index contributed by atoms with van der Waals surface area (Å²) in [7, 11) is -4.19. The number of aromatic nitrogens is 5. The van der Waals surface area contributed by atoms with E-state index in [1.165, 1.54) is 38.5 Å². The van der Waals surface area contributed by atoms with Gasteiger partial charge in [-0.1, -0.05) is 38.5 Å². The molecule has 19 heteroatoms. The minimum absolute atomic E-state index is 0.338. The van der Waals surface area contributed by atoms with E-state index < -0.39 is 15.0 Å². The van der Waals surface area contributed by atoms with Crippen molar-refractivity contribution in [1.82, 2.24) is 44.7 Å². The summed E-state index contributed by atoms with van der Waals surface area (Å²) in [5, 5.41) is 10.8. The van der Waals surface area contributed by atoms with Gasteiger partial charge in [-0.3, -0.25) is 23.8 Å². The fraction of sp³-hybridized carbons (Fsp3) is 0.447. The summed E-state index contributed by atoms with van der Waals surface area (Å²) in [5.74, 6) is 3.94. The van der Waals surface area contributed by atoms with Crippen LogP contribution < -0.4 is 16.0 Å². The number of nitrogens with zero attached hydrogens (tertiary/aromatic N) is 13. The molecule has 0 spiro atoms. The van der Waals surface area contributed by atoms with Crippen LogP contribution in [-0.4, -0.2) is 106 Å². The maximum absolute atomic E-state index is 7.73. The summed E-state index contributed by atoms with van der Waals surface area (Å²) in [6, 6.07) is 0. The SMILES string of the molecule is C1=NC2=C(NC1)/C1=N/c3c4nccnc4c4n3[Si](OCC3CCCCC3)(OCC3CCCCC3)N3C(=NC2=N1)c1nccnc1C3NC1=N/C(=N\4)C2=C1NCC=N2. The van der Waals surface area contributed by atoms with Gasteiger partial charge in [-0.15, -0.1) is 0 Å². The van der Waals surface area contributed by atoms with E-state index in [0.29, 0.717) is 118 Å². The van der Waals surface area contributed by atoms with E-state index in [9.17, 15) is 0 Å². The van der Waals surface area contributed by atoms with Gasteiger partial charge < -0.3 is 24.8 Å². The molecule has 57 heavy (non-hydrogen) atoms. The van der Waals surface area contributed by atoms with Crippen LogP contribution in [0.15, 0.2) is 82.5 Å². The first-order valence-electron chi connectivity index (χ1n) is 20.2. The monoisotopic (exact) mass is 780 g/mol. The van der Waals surface area contributed by atoms with Crippen LogP contribution in [0.5, 0.6) is 0 Å². The summed E-state index contributed by atoms with van der Waals surface area (Å²) in [5.41, 5.74) is 4.93. The summed E-state index contributed by atoms with van der Waals surface area (Å²) in [6.45, 7) is 1.99. The van der Waals surface area contributed by atoms with Crippen molar-refractivity contribution < 1.29 is 8.85 Å². The van der Waals surface area contributed by atoms with Crippen LogP contribution in [0.25, 0.3) is 11.0 Å². The first-order valence-corrected chi connectivity index (χ1v) is 21.9. The summed E-state index contributed by atoms with van der Waals surface area (Å²) >= 11 is 0. The quantitative estimate of drug-likeness (QED) is 0.310. The van der Waals surface area contributed by atoms with Crippen LogP contribution in [0.4, 0.5) is 11.6 Å². The topological polar surface area (TPSA) is 201 Å². The van der Waals surface area contributed by atoms with Crippen molar-refractivity contribution in [2.24, 2.45) is 46.8 Å². The number of nitrogens with one attached hydrogen (secondary N) is 3. The third-order valence-electron chi connectivity index (χ3n) is 12.2. The minimum Gasteiger partial charge on any atom is -0.375 e. The largest absolute Gasteiger partial charge is 0.599 e. The highest BCUT2D eigenvalue weighted by Crippen LogP contribution is 2.47. The van der Waals surface area contributed by atoms with E-state index in [4.69, 9.17) is 63.7 Å². The van der Waals surface area contributed by atoms with Crippen LogP contribution in [0, 0.1) is 11.8 Å². The number of rotatable bonds is 6. The van der Waals surface area contributed by atoms with Gasteiger partial charge in [-0.05, 0) is 37.5 Å². The summed E-state index contributed by atoms with van der Waals surface area (Å²) in [6.07, 6.45) is 21.2. The Kier molecular flexibility index (Phi) is 7.69. The predicted octanol–water partition coefficient (Wildman–Crippen LogP) is 3.73. The number of hydrogen-bond donors (Lipinski definition) is 3. The van der Waals surface area contributed by atoms with Crippen molar-refractivity contribution in [3.05, 3.63) is 59.0 Å². The lowest BCUT2D eigenvalue weighted by Crippen LogP contribution is -2.68. The van der Waals surface area contributed by atoms with Gasteiger partial charge in [0.15, 0.2) is 40.8 Å². The van der Waals surface area contributed by atoms with E-state index in [1.807, 2.05) is 12.4 Å². The Morgan fingerprint density at radius 1 is 0.632 bits per heavy atom. The molecule has 18 nitrogen and oxygen atoms in total. The molecule has 3 aromatic heterocycles. The van der Waals surface area contributed by atoms with Crippen LogP contribution in [-0.2, 0) is 8.85 Å². The second-order valence-corrected chi connectivity index (χ2v) is 18.3. The first-order chi connectivity index (χ1) is 28.2. The maximum Gasteiger partial charge on any atom is 0.599 e. The Morgan fingerprint density at radius 3 is 1.93 bits per heavy atom. The van der Waals surface area contributed by atoms with Gasteiger partial charge >= 0.3 is 8.88 Å². The van der Waals surface area contributed by atoms with Gasteiger partial charge in [0.25, 0.3) is 0 Å². The van der Waals surface area contributed by atoms with Crippen molar-refractivity contribution in [1.29, 1.82) is 0 Å². The van der Waals surface area contributed by atoms with Gasteiger partial charge in [-0.2, -0.15) is 0 Å². The smallest absolute Gasteiger partial charge is 0.375 e. The molecule has 9 aliphatic rings. The van der Waals surface area contributed by atoms with Crippen molar-refractivity contribution in [3.8, 4) is 0 Å². The minimum atomic E-state index is -4.19. The van der Waals surface area contributed by atoms with E-state index in [0.717, 1.165) is 31.4 Å².